The van der Waals surface area contributed by atoms with Crippen LogP contribution in [0.3, 0.4) is 0 Å². The maximum atomic E-state index is 12.1. The fraction of sp³-hybridized carbons (Fsp3) is 0.100. The Morgan fingerprint density at radius 2 is 1.75 bits per heavy atom. The monoisotopic (exact) mass is 378 g/mol. The van der Waals surface area contributed by atoms with Gasteiger partial charge in [0.15, 0.2) is 6.61 Å². The Bertz CT molecular complexity index is 981. The molecule has 0 unspecified atom stereocenters. The van der Waals surface area contributed by atoms with Gasteiger partial charge in [0.25, 0.3) is 11.8 Å². The SMILES string of the molecule is CNC(=O)c1ccc(NC(=O)COC(=O)c2cc(-c3ccccc3)n[nH]2)cc1. The standard InChI is InChI=1S/C20H18N4O4/c1-21-19(26)14-7-9-15(10-8-14)22-18(25)12-28-20(27)17-11-16(23-24-17)13-5-3-2-4-6-13/h2-11H,12H2,1H3,(H,21,26)(H,22,25)(H,23,24). The van der Waals surface area contributed by atoms with Crippen LogP contribution in [0.4, 0.5) is 5.69 Å². The van der Waals surface area contributed by atoms with Crippen LogP contribution >= 0.6 is 0 Å². The summed E-state index contributed by atoms with van der Waals surface area (Å²) in [7, 11) is 1.54. The molecule has 3 aromatic rings. The number of hydrogen-bond donors (Lipinski definition) is 3. The molecule has 0 radical (unpaired) electrons. The molecule has 28 heavy (non-hydrogen) atoms. The van der Waals surface area contributed by atoms with Crippen molar-refractivity contribution < 1.29 is 19.1 Å². The third-order valence-electron chi connectivity index (χ3n) is 3.86. The first-order valence-corrected chi connectivity index (χ1v) is 8.47. The van der Waals surface area contributed by atoms with Crippen molar-refractivity contribution in [3.8, 4) is 11.3 Å². The highest BCUT2D eigenvalue weighted by atomic mass is 16.5. The zero-order valence-corrected chi connectivity index (χ0v) is 15.1. The lowest BCUT2D eigenvalue weighted by atomic mass is 10.1. The summed E-state index contributed by atoms with van der Waals surface area (Å²) >= 11 is 0. The third kappa shape index (κ3) is 4.61. The van der Waals surface area contributed by atoms with Crippen molar-refractivity contribution in [1.82, 2.24) is 15.5 Å². The first kappa shape index (κ1) is 18.8. The average molecular weight is 378 g/mol. The quantitative estimate of drug-likeness (QED) is 0.569. The molecule has 0 saturated carbocycles. The van der Waals surface area contributed by atoms with Gasteiger partial charge in [-0.1, -0.05) is 30.3 Å². The van der Waals surface area contributed by atoms with Crippen LogP contribution in [-0.2, 0) is 9.53 Å². The number of amides is 2. The van der Waals surface area contributed by atoms with Crippen molar-refractivity contribution in [3.63, 3.8) is 0 Å². The topological polar surface area (TPSA) is 113 Å². The van der Waals surface area contributed by atoms with Crippen LogP contribution in [0.2, 0.25) is 0 Å². The molecule has 142 valence electrons. The summed E-state index contributed by atoms with van der Waals surface area (Å²) in [6.45, 7) is -0.449. The van der Waals surface area contributed by atoms with Crippen molar-refractivity contribution >= 4 is 23.5 Å². The van der Waals surface area contributed by atoms with Crippen LogP contribution in [0.1, 0.15) is 20.8 Å². The number of aromatic amines is 1. The summed E-state index contributed by atoms with van der Waals surface area (Å²) in [4.78, 5) is 35.5. The average Bonchev–Trinajstić information content (AvgIpc) is 3.23. The molecule has 2 aromatic carbocycles. The van der Waals surface area contributed by atoms with E-state index in [1.807, 2.05) is 30.3 Å². The zero-order valence-electron chi connectivity index (χ0n) is 15.1. The number of benzene rings is 2. The van der Waals surface area contributed by atoms with Gasteiger partial charge in [-0.2, -0.15) is 5.10 Å². The highest BCUT2D eigenvalue weighted by molar-refractivity contribution is 5.97. The van der Waals surface area contributed by atoms with Crippen molar-refractivity contribution in [2.45, 2.75) is 0 Å². The van der Waals surface area contributed by atoms with Crippen molar-refractivity contribution in [3.05, 3.63) is 71.9 Å². The molecule has 0 saturated heterocycles. The number of esters is 1. The first-order valence-electron chi connectivity index (χ1n) is 8.47. The van der Waals surface area contributed by atoms with Gasteiger partial charge in [-0.15, -0.1) is 0 Å². The molecule has 0 atom stereocenters. The molecule has 8 heteroatoms. The van der Waals surface area contributed by atoms with E-state index in [-0.39, 0.29) is 11.6 Å². The molecule has 0 bridgehead atoms. The maximum absolute atomic E-state index is 12.1. The molecule has 0 aliphatic carbocycles. The van der Waals surface area contributed by atoms with Gasteiger partial charge in [0, 0.05) is 23.9 Å². The lowest BCUT2D eigenvalue weighted by Gasteiger charge is -2.06. The Kier molecular flexibility index (Phi) is 5.81. The Balaban J connectivity index is 1.52. The lowest BCUT2D eigenvalue weighted by Crippen LogP contribution is -2.21. The summed E-state index contributed by atoms with van der Waals surface area (Å²) in [6.07, 6.45) is 0. The molecular formula is C20H18N4O4. The smallest absolute Gasteiger partial charge is 0.356 e. The fourth-order valence-electron chi connectivity index (χ4n) is 2.44. The number of aromatic nitrogens is 2. The largest absolute Gasteiger partial charge is 0.451 e. The number of nitrogens with one attached hydrogen (secondary N) is 3. The van der Waals surface area contributed by atoms with Crippen molar-refractivity contribution in [1.29, 1.82) is 0 Å². The van der Waals surface area contributed by atoms with Gasteiger partial charge in [0.1, 0.15) is 5.69 Å². The highest BCUT2D eigenvalue weighted by Gasteiger charge is 2.14. The minimum atomic E-state index is -0.681. The normalized spacial score (nSPS) is 10.2. The Labute approximate surface area is 160 Å². The molecule has 3 rings (SSSR count). The van der Waals surface area contributed by atoms with E-state index in [1.165, 1.54) is 7.05 Å². The minimum Gasteiger partial charge on any atom is -0.451 e. The van der Waals surface area contributed by atoms with E-state index in [4.69, 9.17) is 4.74 Å². The van der Waals surface area contributed by atoms with Crippen LogP contribution in [0.25, 0.3) is 11.3 Å². The molecule has 0 aliphatic heterocycles. The lowest BCUT2D eigenvalue weighted by molar-refractivity contribution is -0.119. The van der Waals surface area contributed by atoms with Crippen LogP contribution < -0.4 is 10.6 Å². The Morgan fingerprint density at radius 3 is 2.43 bits per heavy atom. The Hall–Kier alpha value is -3.94. The molecule has 3 N–H and O–H groups in total. The minimum absolute atomic E-state index is 0.154. The summed E-state index contributed by atoms with van der Waals surface area (Å²) in [5, 5.41) is 11.8. The van der Waals surface area contributed by atoms with E-state index in [9.17, 15) is 14.4 Å². The summed E-state index contributed by atoms with van der Waals surface area (Å²) in [6, 6.07) is 17.3. The first-order chi connectivity index (χ1) is 13.6. The van der Waals surface area contributed by atoms with Crippen LogP contribution in [0.5, 0.6) is 0 Å². The van der Waals surface area contributed by atoms with E-state index in [2.05, 4.69) is 20.8 Å². The van der Waals surface area contributed by atoms with Gasteiger partial charge in [0.05, 0.1) is 5.69 Å². The molecule has 0 aliphatic rings. The van der Waals surface area contributed by atoms with E-state index < -0.39 is 18.5 Å². The number of hydrogen-bond acceptors (Lipinski definition) is 5. The number of ether oxygens (including phenoxy) is 1. The summed E-state index contributed by atoms with van der Waals surface area (Å²) in [5.41, 5.74) is 2.58. The van der Waals surface area contributed by atoms with E-state index in [0.29, 0.717) is 16.9 Å². The third-order valence-corrected chi connectivity index (χ3v) is 3.86. The highest BCUT2D eigenvalue weighted by Crippen LogP contribution is 2.17. The molecular weight excluding hydrogens is 360 g/mol. The number of H-pyrrole nitrogens is 1. The van der Waals surface area contributed by atoms with Crippen molar-refractivity contribution in [2.24, 2.45) is 0 Å². The second kappa shape index (κ2) is 8.63. The second-order valence-corrected chi connectivity index (χ2v) is 5.81. The molecule has 8 nitrogen and oxygen atoms in total. The van der Waals surface area contributed by atoms with Gasteiger partial charge in [-0.25, -0.2) is 4.79 Å². The van der Waals surface area contributed by atoms with Crippen LogP contribution in [-0.4, -0.2) is 41.6 Å². The van der Waals surface area contributed by atoms with Gasteiger partial charge < -0.3 is 15.4 Å². The Morgan fingerprint density at radius 1 is 1.04 bits per heavy atom. The van der Waals surface area contributed by atoms with Gasteiger partial charge in [-0.3, -0.25) is 14.7 Å². The summed E-state index contributed by atoms with van der Waals surface area (Å²) in [5.74, 6) is -1.40. The molecule has 1 heterocycles. The van der Waals surface area contributed by atoms with Crippen LogP contribution in [0, 0.1) is 0 Å². The van der Waals surface area contributed by atoms with E-state index in [1.54, 1.807) is 30.3 Å². The maximum Gasteiger partial charge on any atom is 0.356 e. The molecule has 0 spiro atoms. The van der Waals surface area contributed by atoms with Crippen LogP contribution in [0.15, 0.2) is 60.7 Å². The van der Waals surface area contributed by atoms with Crippen molar-refractivity contribution in [2.75, 3.05) is 19.0 Å². The number of carbonyl (C=O) groups excluding carboxylic acids is 3. The number of rotatable bonds is 6. The second-order valence-electron chi connectivity index (χ2n) is 5.81. The number of anilines is 1. The summed E-state index contributed by atoms with van der Waals surface area (Å²) < 4.78 is 5.00. The predicted octanol–water partition coefficient (Wildman–Crippen LogP) is 2.23. The van der Waals surface area contributed by atoms with E-state index in [0.717, 1.165) is 5.56 Å². The number of nitrogens with zero attached hydrogens (tertiary/aromatic N) is 1. The molecule has 2 amide bonds. The predicted molar refractivity (Wildman–Crippen MR) is 103 cm³/mol. The van der Waals surface area contributed by atoms with E-state index >= 15 is 0 Å². The zero-order chi connectivity index (χ0) is 19.9. The molecule has 1 aromatic heterocycles. The van der Waals surface area contributed by atoms with Gasteiger partial charge >= 0.3 is 5.97 Å². The van der Waals surface area contributed by atoms with Gasteiger partial charge in [0.2, 0.25) is 0 Å². The fourth-order valence-corrected chi connectivity index (χ4v) is 2.44. The van der Waals surface area contributed by atoms with Gasteiger partial charge in [-0.05, 0) is 30.3 Å². The number of carbonyl (C=O) groups is 3. The molecule has 0 fully saturated rings.